The molecule has 40 heavy (non-hydrogen) atoms. The summed E-state index contributed by atoms with van der Waals surface area (Å²) in [6.45, 7) is 12.9. The lowest BCUT2D eigenvalue weighted by Crippen LogP contribution is -2.47. The van der Waals surface area contributed by atoms with Crippen molar-refractivity contribution >= 4 is 0 Å². The largest absolute Gasteiger partial charge is 0.396 e. The second-order valence-electron chi connectivity index (χ2n) is 13.0. The fourth-order valence-electron chi connectivity index (χ4n) is 6.35. The van der Waals surface area contributed by atoms with E-state index in [1.165, 1.54) is 11.1 Å². The Balaban J connectivity index is 0.000000161. The lowest BCUT2D eigenvalue weighted by Gasteiger charge is -2.35. The van der Waals surface area contributed by atoms with Gasteiger partial charge in [0.1, 0.15) is 0 Å². The van der Waals surface area contributed by atoms with E-state index in [4.69, 9.17) is 19.1 Å². The minimum absolute atomic E-state index is 0.0173. The van der Waals surface area contributed by atoms with Crippen LogP contribution in [0.1, 0.15) is 38.8 Å². The molecule has 0 radical (unpaired) electrons. The lowest BCUT2D eigenvalue weighted by molar-refractivity contribution is -0.176. The number of hydrogen-bond donors (Lipinski definition) is 2. The number of nitrogens with zero attached hydrogens (tertiary/aromatic N) is 2. The van der Waals surface area contributed by atoms with E-state index in [1.807, 2.05) is 36.4 Å². The lowest BCUT2D eigenvalue weighted by atomic mass is 9.81. The summed E-state index contributed by atoms with van der Waals surface area (Å²) in [7, 11) is 0. The van der Waals surface area contributed by atoms with E-state index in [0.717, 1.165) is 39.5 Å². The summed E-state index contributed by atoms with van der Waals surface area (Å²) < 4.78 is 11.9. The van der Waals surface area contributed by atoms with Gasteiger partial charge in [0, 0.05) is 35.8 Å². The Morgan fingerprint density at radius 1 is 0.625 bits per heavy atom. The number of benzene rings is 2. The summed E-state index contributed by atoms with van der Waals surface area (Å²) in [5, 5.41) is 23.3. The Hall–Kier alpha value is -1.88. The highest BCUT2D eigenvalue weighted by Gasteiger charge is 2.53. The highest BCUT2D eigenvalue weighted by atomic mass is 16.7. The highest BCUT2D eigenvalue weighted by Crippen LogP contribution is 2.41. The van der Waals surface area contributed by atoms with E-state index in [0.29, 0.717) is 11.8 Å². The van der Waals surface area contributed by atoms with Crippen molar-refractivity contribution in [2.45, 2.75) is 65.1 Å². The van der Waals surface area contributed by atoms with Crippen LogP contribution in [0.15, 0.2) is 60.7 Å². The summed E-state index contributed by atoms with van der Waals surface area (Å²) in [5.74, 6) is 0.823. The third-order valence-electron chi connectivity index (χ3n) is 8.86. The Labute approximate surface area is 238 Å². The topological polar surface area (TPSA) is 83.9 Å². The van der Waals surface area contributed by atoms with Crippen LogP contribution >= 0.6 is 0 Å². The molecule has 0 aliphatic carbocycles. The van der Waals surface area contributed by atoms with Crippen LogP contribution in [0, 0.1) is 22.7 Å². The predicted molar refractivity (Wildman–Crippen MR) is 152 cm³/mol. The molecule has 6 atom stereocenters. The Kier molecular flexibility index (Phi) is 9.29. The van der Waals surface area contributed by atoms with Crippen LogP contribution in [0.4, 0.5) is 0 Å². The average Bonchev–Trinajstić information content (AvgIpc) is 3.74. The zero-order valence-electron chi connectivity index (χ0n) is 24.3. The monoisotopic (exact) mass is 554 g/mol. The first kappa shape index (κ1) is 29.6. The Morgan fingerprint density at radius 3 is 1.35 bits per heavy atom. The van der Waals surface area contributed by atoms with E-state index in [-0.39, 0.29) is 48.3 Å². The highest BCUT2D eigenvalue weighted by molar-refractivity contribution is 5.16. The Morgan fingerprint density at radius 2 is 1.00 bits per heavy atom. The SMILES string of the molecule is CC(C)(CO)[C@@H]1OC[C@H]2CON(Cc3ccccc3)[C@H]21.CC(C)(CO)[C@H]1OC[C@@H]2CON(Cc3ccccc3)[C@@H]21. The first-order valence-electron chi connectivity index (χ1n) is 14.6. The second kappa shape index (κ2) is 12.5. The van der Waals surface area contributed by atoms with Crippen LogP contribution in [0.5, 0.6) is 0 Å². The summed E-state index contributed by atoms with van der Waals surface area (Å²) in [6.07, 6.45) is 0.0347. The smallest absolute Gasteiger partial charge is 0.0830 e. The Bertz CT molecular complexity index is 982. The molecule has 0 unspecified atom stereocenters. The van der Waals surface area contributed by atoms with E-state index >= 15 is 0 Å². The fourth-order valence-corrected chi connectivity index (χ4v) is 6.35. The van der Waals surface area contributed by atoms with Crippen LogP contribution in [-0.4, -0.2) is 84.3 Å². The van der Waals surface area contributed by atoms with Gasteiger partial charge in [-0.25, -0.2) is 0 Å². The van der Waals surface area contributed by atoms with E-state index < -0.39 is 0 Å². The van der Waals surface area contributed by atoms with Crippen LogP contribution < -0.4 is 0 Å². The van der Waals surface area contributed by atoms with Gasteiger partial charge in [0.2, 0.25) is 0 Å². The van der Waals surface area contributed by atoms with Gasteiger partial charge in [-0.15, -0.1) is 0 Å². The number of aliphatic hydroxyl groups excluding tert-OH is 2. The zero-order valence-corrected chi connectivity index (χ0v) is 24.3. The van der Waals surface area contributed by atoms with Crippen LogP contribution in [0.3, 0.4) is 0 Å². The zero-order chi connectivity index (χ0) is 28.3. The van der Waals surface area contributed by atoms with Crippen molar-refractivity contribution in [3.8, 4) is 0 Å². The van der Waals surface area contributed by atoms with Crippen molar-refractivity contribution in [3.05, 3.63) is 71.8 Å². The number of rotatable bonds is 8. The van der Waals surface area contributed by atoms with Crippen molar-refractivity contribution in [1.82, 2.24) is 10.1 Å². The number of hydroxylamine groups is 4. The minimum atomic E-state index is -0.248. The van der Waals surface area contributed by atoms with Gasteiger partial charge in [0.05, 0.1) is 63.9 Å². The van der Waals surface area contributed by atoms with Gasteiger partial charge in [-0.1, -0.05) is 88.4 Å². The number of fused-ring (bicyclic) bond motifs is 2. The molecule has 2 N–H and O–H groups in total. The van der Waals surface area contributed by atoms with Crippen LogP contribution in [0.25, 0.3) is 0 Å². The molecule has 4 heterocycles. The molecular weight excluding hydrogens is 508 g/mol. The normalized spacial score (nSPS) is 30.6. The summed E-state index contributed by atoms with van der Waals surface area (Å²) >= 11 is 0. The molecular formula is C32H46N2O6. The molecule has 8 nitrogen and oxygen atoms in total. The molecule has 220 valence electrons. The fraction of sp³-hybridized carbons (Fsp3) is 0.625. The van der Waals surface area contributed by atoms with E-state index in [2.05, 4.69) is 62.1 Å². The maximum absolute atomic E-state index is 9.61. The van der Waals surface area contributed by atoms with Gasteiger partial charge in [0.25, 0.3) is 0 Å². The van der Waals surface area contributed by atoms with Gasteiger partial charge < -0.3 is 19.7 Å². The van der Waals surface area contributed by atoms with Crippen molar-refractivity contribution < 1.29 is 29.4 Å². The number of aliphatic hydroxyl groups is 2. The number of hydrogen-bond acceptors (Lipinski definition) is 8. The van der Waals surface area contributed by atoms with Gasteiger partial charge >= 0.3 is 0 Å². The molecule has 4 aliphatic rings. The van der Waals surface area contributed by atoms with Crippen LogP contribution in [-0.2, 0) is 32.2 Å². The van der Waals surface area contributed by atoms with Gasteiger partial charge in [-0.3, -0.25) is 9.68 Å². The maximum Gasteiger partial charge on any atom is 0.0830 e. The molecule has 8 heteroatoms. The van der Waals surface area contributed by atoms with Crippen molar-refractivity contribution in [2.75, 3.05) is 39.6 Å². The molecule has 0 bridgehead atoms. The third-order valence-corrected chi connectivity index (χ3v) is 8.86. The molecule has 0 aromatic heterocycles. The first-order chi connectivity index (χ1) is 19.2. The van der Waals surface area contributed by atoms with E-state index in [1.54, 1.807) is 0 Å². The molecule has 4 aliphatic heterocycles. The van der Waals surface area contributed by atoms with E-state index in [9.17, 15) is 10.2 Å². The van der Waals surface area contributed by atoms with Crippen molar-refractivity contribution in [1.29, 1.82) is 0 Å². The summed E-state index contributed by atoms with van der Waals surface area (Å²) in [6, 6.07) is 21.1. The molecule has 2 aromatic rings. The molecule has 0 spiro atoms. The predicted octanol–water partition coefficient (Wildman–Crippen LogP) is 3.67. The van der Waals surface area contributed by atoms with Crippen molar-refractivity contribution in [3.63, 3.8) is 0 Å². The standard InChI is InChI=1S/2C16H23NO3/c2*1-16(2,11-18)15-14-13(9-19-15)10-20-17(14)8-12-6-4-3-5-7-12/h2*3-7,13-15,18H,8-11H2,1-2H3/t2*13-,14+,15+/m10/s1. The van der Waals surface area contributed by atoms with Crippen molar-refractivity contribution in [2.24, 2.45) is 22.7 Å². The number of ether oxygens (including phenoxy) is 2. The van der Waals surface area contributed by atoms with Gasteiger partial charge in [-0.2, -0.15) is 10.1 Å². The first-order valence-corrected chi connectivity index (χ1v) is 14.6. The van der Waals surface area contributed by atoms with Gasteiger partial charge in [-0.05, 0) is 11.1 Å². The third kappa shape index (κ3) is 6.30. The molecule has 0 saturated carbocycles. The molecule has 6 rings (SSSR count). The van der Waals surface area contributed by atoms with Crippen LogP contribution in [0.2, 0.25) is 0 Å². The molecule has 0 amide bonds. The minimum Gasteiger partial charge on any atom is -0.396 e. The second-order valence-corrected chi connectivity index (χ2v) is 13.0. The maximum atomic E-state index is 9.61. The molecule has 4 fully saturated rings. The summed E-state index contributed by atoms with van der Waals surface area (Å²) in [4.78, 5) is 11.7. The quantitative estimate of drug-likeness (QED) is 0.512. The van der Waals surface area contributed by atoms with Gasteiger partial charge in [0.15, 0.2) is 0 Å². The molecule has 4 saturated heterocycles. The summed E-state index contributed by atoms with van der Waals surface area (Å²) in [5.41, 5.74) is 1.98. The average molecular weight is 555 g/mol. The molecule has 2 aromatic carbocycles.